The standard InChI is InChI=1S/C15H22Cl2N2/c1-2-15(8-3-4-9-15)14(19-18)10-11-12(16)6-5-7-13(11)17/h5-7,14,19H,2-4,8-10,18H2,1H3. The fraction of sp³-hybridized carbons (Fsp3) is 0.600. The van der Waals surface area contributed by atoms with Crippen LogP contribution in [0.4, 0.5) is 0 Å². The molecule has 0 aliphatic heterocycles. The predicted octanol–water partition coefficient (Wildman–Crippen LogP) is 4.34. The summed E-state index contributed by atoms with van der Waals surface area (Å²) in [6.45, 7) is 2.25. The van der Waals surface area contributed by atoms with Crippen LogP contribution in [0.15, 0.2) is 18.2 Å². The van der Waals surface area contributed by atoms with E-state index in [0.717, 1.165) is 28.5 Å². The number of hydrazine groups is 1. The van der Waals surface area contributed by atoms with Gasteiger partial charge in [0.25, 0.3) is 0 Å². The summed E-state index contributed by atoms with van der Waals surface area (Å²) in [5.41, 5.74) is 4.32. The summed E-state index contributed by atoms with van der Waals surface area (Å²) in [6, 6.07) is 5.90. The first kappa shape index (κ1) is 15.1. The highest BCUT2D eigenvalue weighted by Crippen LogP contribution is 2.45. The third-order valence-corrected chi connectivity index (χ3v) is 5.42. The van der Waals surface area contributed by atoms with Crippen molar-refractivity contribution in [3.63, 3.8) is 0 Å². The summed E-state index contributed by atoms with van der Waals surface area (Å²) in [5, 5.41) is 1.47. The van der Waals surface area contributed by atoms with Crippen LogP contribution in [0.25, 0.3) is 0 Å². The monoisotopic (exact) mass is 300 g/mol. The molecular weight excluding hydrogens is 279 g/mol. The van der Waals surface area contributed by atoms with Gasteiger partial charge in [-0.05, 0) is 48.8 Å². The molecule has 1 aromatic rings. The maximum Gasteiger partial charge on any atom is 0.0453 e. The quantitative estimate of drug-likeness (QED) is 0.627. The Morgan fingerprint density at radius 1 is 1.26 bits per heavy atom. The SMILES string of the molecule is CCC1(C(Cc2c(Cl)cccc2Cl)NN)CCCC1. The van der Waals surface area contributed by atoms with Crippen molar-refractivity contribution in [2.75, 3.05) is 0 Å². The van der Waals surface area contributed by atoms with E-state index in [-0.39, 0.29) is 11.5 Å². The normalized spacial score (nSPS) is 19.6. The summed E-state index contributed by atoms with van der Waals surface area (Å²) in [7, 11) is 0. The van der Waals surface area contributed by atoms with Gasteiger partial charge in [0, 0.05) is 16.1 Å². The molecule has 0 amide bonds. The molecule has 1 aromatic carbocycles. The molecule has 1 aliphatic carbocycles. The Morgan fingerprint density at radius 2 is 1.84 bits per heavy atom. The van der Waals surface area contributed by atoms with E-state index in [0.29, 0.717) is 0 Å². The topological polar surface area (TPSA) is 38.0 Å². The summed E-state index contributed by atoms with van der Waals surface area (Å²) >= 11 is 12.5. The van der Waals surface area contributed by atoms with Crippen LogP contribution in [-0.2, 0) is 6.42 Å². The van der Waals surface area contributed by atoms with Crippen LogP contribution in [-0.4, -0.2) is 6.04 Å². The van der Waals surface area contributed by atoms with Crippen molar-refractivity contribution in [2.45, 2.75) is 51.5 Å². The van der Waals surface area contributed by atoms with E-state index in [1.54, 1.807) is 0 Å². The zero-order chi connectivity index (χ0) is 13.9. The molecule has 106 valence electrons. The molecule has 1 unspecified atom stereocenters. The van der Waals surface area contributed by atoms with Crippen LogP contribution in [0.2, 0.25) is 10.0 Å². The van der Waals surface area contributed by atoms with Crippen LogP contribution >= 0.6 is 23.2 Å². The number of halogens is 2. The first-order chi connectivity index (χ1) is 9.13. The third-order valence-electron chi connectivity index (χ3n) is 4.71. The highest BCUT2D eigenvalue weighted by Gasteiger charge is 2.39. The summed E-state index contributed by atoms with van der Waals surface area (Å²) in [4.78, 5) is 0. The molecule has 1 fully saturated rings. The van der Waals surface area contributed by atoms with E-state index in [4.69, 9.17) is 29.0 Å². The molecule has 1 atom stereocenters. The van der Waals surface area contributed by atoms with Gasteiger partial charge in [-0.25, -0.2) is 0 Å². The van der Waals surface area contributed by atoms with E-state index >= 15 is 0 Å². The molecule has 19 heavy (non-hydrogen) atoms. The van der Waals surface area contributed by atoms with Crippen LogP contribution < -0.4 is 11.3 Å². The van der Waals surface area contributed by atoms with Crippen molar-refractivity contribution in [3.8, 4) is 0 Å². The number of hydrogen-bond donors (Lipinski definition) is 2. The Hall–Kier alpha value is -0.280. The van der Waals surface area contributed by atoms with E-state index in [1.807, 2.05) is 18.2 Å². The number of hydrogen-bond acceptors (Lipinski definition) is 2. The largest absolute Gasteiger partial charge is 0.271 e. The van der Waals surface area contributed by atoms with Gasteiger partial charge in [0.1, 0.15) is 0 Å². The third kappa shape index (κ3) is 3.08. The molecule has 0 aromatic heterocycles. The van der Waals surface area contributed by atoms with Crippen molar-refractivity contribution in [1.29, 1.82) is 0 Å². The van der Waals surface area contributed by atoms with Crippen molar-refractivity contribution >= 4 is 23.2 Å². The zero-order valence-corrected chi connectivity index (χ0v) is 12.9. The van der Waals surface area contributed by atoms with Gasteiger partial charge in [0.2, 0.25) is 0 Å². The van der Waals surface area contributed by atoms with E-state index < -0.39 is 0 Å². The molecule has 0 heterocycles. The van der Waals surface area contributed by atoms with Gasteiger partial charge in [-0.1, -0.05) is 49.0 Å². The molecule has 0 saturated heterocycles. The molecule has 2 rings (SSSR count). The van der Waals surface area contributed by atoms with Gasteiger partial charge >= 0.3 is 0 Å². The molecule has 0 bridgehead atoms. The van der Waals surface area contributed by atoms with E-state index in [1.165, 1.54) is 25.7 Å². The molecule has 0 spiro atoms. The van der Waals surface area contributed by atoms with Gasteiger partial charge in [-0.2, -0.15) is 0 Å². The number of nitrogens with one attached hydrogen (secondary N) is 1. The minimum atomic E-state index is 0.234. The molecule has 3 N–H and O–H groups in total. The lowest BCUT2D eigenvalue weighted by Gasteiger charge is -2.37. The molecule has 0 radical (unpaired) electrons. The Labute approximate surface area is 125 Å². The minimum absolute atomic E-state index is 0.234. The average Bonchev–Trinajstić information content (AvgIpc) is 2.88. The molecule has 4 heteroatoms. The summed E-state index contributed by atoms with van der Waals surface area (Å²) in [5.74, 6) is 5.83. The lowest BCUT2D eigenvalue weighted by Crippen LogP contribution is -2.48. The number of nitrogens with two attached hydrogens (primary N) is 1. The number of benzene rings is 1. The Morgan fingerprint density at radius 3 is 2.32 bits per heavy atom. The van der Waals surface area contributed by atoms with E-state index in [9.17, 15) is 0 Å². The van der Waals surface area contributed by atoms with Crippen LogP contribution in [0, 0.1) is 5.41 Å². The Bertz CT molecular complexity index is 408. The highest BCUT2D eigenvalue weighted by molar-refractivity contribution is 6.36. The summed E-state index contributed by atoms with van der Waals surface area (Å²) < 4.78 is 0. The van der Waals surface area contributed by atoms with E-state index in [2.05, 4.69) is 12.3 Å². The van der Waals surface area contributed by atoms with Crippen LogP contribution in [0.5, 0.6) is 0 Å². The maximum absolute atomic E-state index is 6.27. The molecule has 1 aliphatic rings. The number of rotatable bonds is 5. The van der Waals surface area contributed by atoms with Crippen molar-refractivity contribution in [1.82, 2.24) is 5.43 Å². The van der Waals surface area contributed by atoms with Crippen molar-refractivity contribution in [2.24, 2.45) is 11.3 Å². The lowest BCUT2D eigenvalue weighted by atomic mass is 9.74. The van der Waals surface area contributed by atoms with Crippen LogP contribution in [0.1, 0.15) is 44.6 Å². The second kappa shape index (κ2) is 6.45. The first-order valence-electron chi connectivity index (χ1n) is 7.02. The van der Waals surface area contributed by atoms with Gasteiger partial charge in [-0.15, -0.1) is 0 Å². The Balaban J connectivity index is 2.24. The highest BCUT2D eigenvalue weighted by atomic mass is 35.5. The van der Waals surface area contributed by atoms with Gasteiger partial charge in [0.05, 0.1) is 0 Å². The van der Waals surface area contributed by atoms with Crippen LogP contribution in [0.3, 0.4) is 0 Å². The average molecular weight is 301 g/mol. The minimum Gasteiger partial charge on any atom is -0.271 e. The van der Waals surface area contributed by atoms with Crippen molar-refractivity contribution < 1.29 is 0 Å². The van der Waals surface area contributed by atoms with Gasteiger partial charge in [-0.3, -0.25) is 11.3 Å². The maximum atomic E-state index is 6.27. The predicted molar refractivity (Wildman–Crippen MR) is 82.5 cm³/mol. The fourth-order valence-electron chi connectivity index (χ4n) is 3.41. The second-order valence-electron chi connectivity index (χ2n) is 5.55. The zero-order valence-electron chi connectivity index (χ0n) is 11.4. The second-order valence-corrected chi connectivity index (χ2v) is 6.36. The molecule has 2 nitrogen and oxygen atoms in total. The Kier molecular flexibility index (Phi) is 5.13. The van der Waals surface area contributed by atoms with Crippen molar-refractivity contribution in [3.05, 3.63) is 33.8 Å². The summed E-state index contributed by atoms with van der Waals surface area (Å²) in [6.07, 6.45) is 7.00. The lowest BCUT2D eigenvalue weighted by molar-refractivity contribution is 0.185. The van der Waals surface area contributed by atoms with Gasteiger partial charge in [0.15, 0.2) is 0 Å². The smallest absolute Gasteiger partial charge is 0.0453 e. The van der Waals surface area contributed by atoms with Gasteiger partial charge < -0.3 is 0 Å². The molecule has 1 saturated carbocycles. The fourth-order valence-corrected chi connectivity index (χ4v) is 3.96. The first-order valence-corrected chi connectivity index (χ1v) is 7.77. The molecular formula is C15H22Cl2N2.